The first-order valence-corrected chi connectivity index (χ1v) is 6.88. The number of carbonyl (C=O) groups excluding carboxylic acids is 1. The zero-order valence-electron chi connectivity index (χ0n) is 9.71. The van der Waals surface area contributed by atoms with E-state index in [0.29, 0.717) is 30.3 Å². The standard InChI is InChI=1S/C12H14BrClN2O2/c13-10-2-1-8(14)5-11(10)16-12(17)6-9-7-18-4-3-15-9/h1-2,5,9,15H,3-4,6-7H2,(H,16,17). The van der Waals surface area contributed by atoms with Gasteiger partial charge in [-0.25, -0.2) is 0 Å². The van der Waals surface area contributed by atoms with Gasteiger partial charge in [0.1, 0.15) is 0 Å². The lowest BCUT2D eigenvalue weighted by Crippen LogP contribution is -2.43. The van der Waals surface area contributed by atoms with E-state index in [-0.39, 0.29) is 11.9 Å². The first-order chi connectivity index (χ1) is 8.65. The van der Waals surface area contributed by atoms with E-state index in [1.54, 1.807) is 18.2 Å². The number of anilines is 1. The average Bonchev–Trinajstić information content (AvgIpc) is 2.35. The number of hydrogen-bond donors (Lipinski definition) is 2. The van der Waals surface area contributed by atoms with Crippen molar-refractivity contribution < 1.29 is 9.53 Å². The number of ether oxygens (including phenoxy) is 1. The number of rotatable bonds is 3. The van der Waals surface area contributed by atoms with Gasteiger partial charge in [0.15, 0.2) is 0 Å². The largest absolute Gasteiger partial charge is 0.378 e. The number of halogens is 2. The number of morpholine rings is 1. The molecule has 1 heterocycles. The van der Waals surface area contributed by atoms with E-state index in [1.807, 2.05) is 0 Å². The smallest absolute Gasteiger partial charge is 0.226 e. The number of benzene rings is 1. The van der Waals surface area contributed by atoms with Gasteiger partial charge in [0.2, 0.25) is 5.91 Å². The number of hydrogen-bond acceptors (Lipinski definition) is 3. The van der Waals surface area contributed by atoms with Gasteiger partial charge in [-0.1, -0.05) is 11.6 Å². The highest BCUT2D eigenvalue weighted by molar-refractivity contribution is 9.10. The Morgan fingerprint density at radius 3 is 3.17 bits per heavy atom. The maximum atomic E-state index is 11.9. The molecule has 0 saturated carbocycles. The Bertz CT molecular complexity index is 436. The van der Waals surface area contributed by atoms with Crippen molar-refractivity contribution in [3.8, 4) is 0 Å². The molecule has 1 aliphatic rings. The molecule has 2 N–H and O–H groups in total. The van der Waals surface area contributed by atoms with Gasteiger partial charge in [0, 0.05) is 28.5 Å². The van der Waals surface area contributed by atoms with E-state index < -0.39 is 0 Å². The van der Waals surface area contributed by atoms with Crippen molar-refractivity contribution in [3.63, 3.8) is 0 Å². The van der Waals surface area contributed by atoms with Crippen molar-refractivity contribution >= 4 is 39.1 Å². The number of amides is 1. The Morgan fingerprint density at radius 2 is 2.44 bits per heavy atom. The van der Waals surface area contributed by atoms with E-state index in [0.717, 1.165) is 11.0 Å². The highest BCUT2D eigenvalue weighted by Gasteiger charge is 2.17. The van der Waals surface area contributed by atoms with Gasteiger partial charge in [0.25, 0.3) is 0 Å². The van der Waals surface area contributed by atoms with Crippen LogP contribution in [0.1, 0.15) is 6.42 Å². The normalized spacial score (nSPS) is 19.6. The molecule has 18 heavy (non-hydrogen) atoms. The second-order valence-electron chi connectivity index (χ2n) is 4.10. The van der Waals surface area contributed by atoms with Gasteiger partial charge in [0.05, 0.1) is 18.9 Å². The van der Waals surface area contributed by atoms with Crippen molar-refractivity contribution in [2.75, 3.05) is 25.1 Å². The third kappa shape index (κ3) is 3.95. The molecule has 1 fully saturated rings. The zero-order valence-corrected chi connectivity index (χ0v) is 12.1. The maximum Gasteiger partial charge on any atom is 0.226 e. The Hall–Kier alpha value is -0.620. The zero-order chi connectivity index (χ0) is 13.0. The molecule has 6 heteroatoms. The summed E-state index contributed by atoms with van der Waals surface area (Å²) in [5, 5.41) is 6.66. The van der Waals surface area contributed by atoms with Crippen LogP contribution in [0.25, 0.3) is 0 Å². The molecule has 1 aliphatic heterocycles. The van der Waals surface area contributed by atoms with Gasteiger partial charge in [-0.05, 0) is 34.1 Å². The summed E-state index contributed by atoms with van der Waals surface area (Å²) in [7, 11) is 0. The molecule has 1 unspecified atom stereocenters. The molecule has 2 rings (SSSR count). The lowest BCUT2D eigenvalue weighted by Gasteiger charge is -2.23. The molecule has 1 atom stereocenters. The van der Waals surface area contributed by atoms with Crippen LogP contribution in [0, 0.1) is 0 Å². The van der Waals surface area contributed by atoms with Crippen LogP contribution in [0.4, 0.5) is 5.69 Å². The summed E-state index contributed by atoms with van der Waals surface area (Å²) < 4.78 is 6.12. The number of nitrogens with one attached hydrogen (secondary N) is 2. The first-order valence-electron chi connectivity index (χ1n) is 5.71. The first kappa shape index (κ1) is 13.8. The molecule has 0 aromatic heterocycles. The summed E-state index contributed by atoms with van der Waals surface area (Å²) >= 11 is 9.26. The van der Waals surface area contributed by atoms with E-state index in [4.69, 9.17) is 16.3 Å². The Kier molecular flexibility index (Phi) is 5.00. The topological polar surface area (TPSA) is 50.4 Å². The van der Waals surface area contributed by atoms with Crippen LogP contribution in [-0.2, 0) is 9.53 Å². The molecule has 98 valence electrons. The fourth-order valence-corrected chi connectivity index (χ4v) is 2.29. The molecule has 0 bridgehead atoms. The Balaban J connectivity index is 1.92. The summed E-state index contributed by atoms with van der Waals surface area (Å²) in [6.07, 6.45) is 0.388. The minimum absolute atomic E-state index is 0.0547. The summed E-state index contributed by atoms with van der Waals surface area (Å²) in [6.45, 7) is 2.07. The second kappa shape index (κ2) is 6.52. The van der Waals surface area contributed by atoms with Crippen LogP contribution in [0.2, 0.25) is 5.02 Å². The molecule has 0 radical (unpaired) electrons. The van der Waals surface area contributed by atoms with Crippen LogP contribution >= 0.6 is 27.5 Å². The lowest BCUT2D eigenvalue weighted by atomic mass is 10.2. The summed E-state index contributed by atoms with van der Waals surface area (Å²) in [6, 6.07) is 5.36. The predicted molar refractivity (Wildman–Crippen MR) is 75.0 cm³/mol. The van der Waals surface area contributed by atoms with E-state index >= 15 is 0 Å². The van der Waals surface area contributed by atoms with Crippen LogP contribution in [0.3, 0.4) is 0 Å². The minimum atomic E-state index is -0.0547. The maximum absolute atomic E-state index is 11.9. The highest BCUT2D eigenvalue weighted by atomic mass is 79.9. The SMILES string of the molecule is O=C(CC1COCCN1)Nc1cc(Cl)ccc1Br. The van der Waals surface area contributed by atoms with Crippen molar-refractivity contribution in [2.24, 2.45) is 0 Å². The Morgan fingerprint density at radius 1 is 1.61 bits per heavy atom. The van der Waals surface area contributed by atoms with Crippen molar-refractivity contribution in [2.45, 2.75) is 12.5 Å². The van der Waals surface area contributed by atoms with Gasteiger partial charge in [-0.15, -0.1) is 0 Å². The molecule has 4 nitrogen and oxygen atoms in total. The van der Waals surface area contributed by atoms with E-state index in [9.17, 15) is 4.79 Å². The molecule has 0 aliphatic carbocycles. The van der Waals surface area contributed by atoms with Crippen LogP contribution < -0.4 is 10.6 Å². The van der Waals surface area contributed by atoms with Crippen molar-refractivity contribution in [3.05, 3.63) is 27.7 Å². The molecular formula is C12H14BrClN2O2. The van der Waals surface area contributed by atoms with Gasteiger partial charge >= 0.3 is 0 Å². The summed E-state index contributed by atoms with van der Waals surface area (Å²) in [4.78, 5) is 11.9. The molecule has 1 aromatic carbocycles. The molecule has 1 amide bonds. The fraction of sp³-hybridized carbons (Fsp3) is 0.417. The number of carbonyl (C=O) groups is 1. The fourth-order valence-electron chi connectivity index (χ4n) is 1.77. The van der Waals surface area contributed by atoms with Gasteiger partial charge in [-0.3, -0.25) is 4.79 Å². The van der Waals surface area contributed by atoms with Crippen LogP contribution in [0.15, 0.2) is 22.7 Å². The monoisotopic (exact) mass is 332 g/mol. The van der Waals surface area contributed by atoms with E-state index in [2.05, 4.69) is 26.6 Å². The minimum Gasteiger partial charge on any atom is -0.378 e. The highest BCUT2D eigenvalue weighted by Crippen LogP contribution is 2.26. The average molecular weight is 334 g/mol. The molecule has 1 aromatic rings. The third-order valence-corrected chi connectivity index (χ3v) is 3.56. The quantitative estimate of drug-likeness (QED) is 0.893. The summed E-state index contributed by atoms with van der Waals surface area (Å²) in [5.74, 6) is -0.0547. The van der Waals surface area contributed by atoms with Gasteiger partial charge < -0.3 is 15.4 Å². The molecular weight excluding hydrogens is 320 g/mol. The summed E-state index contributed by atoms with van der Waals surface area (Å²) in [5.41, 5.74) is 0.684. The lowest BCUT2D eigenvalue weighted by molar-refractivity contribution is -0.117. The van der Waals surface area contributed by atoms with E-state index in [1.165, 1.54) is 0 Å². The molecule has 0 spiro atoms. The Labute approximate surface area is 119 Å². The second-order valence-corrected chi connectivity index (χ2v) is 5.39. The predicted octanol–water partition coefficient (Wildman–Crippen LogP) is 2.42. The van der Waals surface area contributed by atoms with Crippen LogP contribution in [-0.4, -0.2) is 31.7 Å². The molecule has 1 saturated heterocycles. The third-order valence-electron chi connectivity index (χ3n) is 2.63. The van der Waals surface area contributed by atoms with Crippen molar-refractivity contribution in [1.82, 2.24) is 5.32 Å². The van der Waals surface area contributed by atoms with Gasteiger partial charge in [-0.2, -0.15) is 0 Å². The van der Waals surface area contributed by atoms with Crippen LogP contribution in [0.5, 0.6) is 0 Å². The van der Waals surface area contributed by atoms with Crippen molar-refractivity contribution in [1.29, 1.82) is 0 Å².